The molecule has 3 aromatic carbocycles. The van der Waals surface area contributed by atoms with Crippen LogP contribution in [-0.2, 0) is 9.59 Å². The van der Waals surface area contributed by atoms with Crippen molar-refractivity contribution in [3.8, 4) is 11.5 Å². The Morgan fingerprint density at radius 3 is 2.47 bits per heavy atom. The number of carbonyl (C=O) groups is 2. The molecule has 0 spiro atoms. The van der Waals surface area contributed by atoms with Crippen molar-refractivity contribution in [2.75, 3.05) is 30.1 Å². The smallest absolute Gasteiger partial charge is 0.262 e. The molecule has 176 valence electrons. The first-order valence-corrected chi connectivity index (χ1v) is 10.9. The molecule has 0 aliphatic rings. The van der Waals surface area contributed by atoms with Crippen molar-refractivity contribution in [2.24, 2.45) is 0 Å². The quantitative estimate of drug-likeness (QED) is 0.278. The van der Waals surface area contributed by atoms with Gasteiger partial charge in [-0.3, -0.25) is 9.59 Å². The molecule has 34 heavy (non-hydrogen) atoms. The lowest BCUT2D eigenvalue weighted by atomic mass is 10.1. The van der Waals surface area contributed by atoms with Crippen LogP contribution in [0.2, 0.25) is 10.0 Å². The van der Waals surface area contributed by atoms with Crippen molar-refractivity contribution in [2.45, 2.75) is 6.92 Å². The van der Waals surface area contributed by atoms with Gasteiger partial charge in [-0.1, -0.05) is 35.3 Å². The average molecular weight is 500 g/mol. The first-order valence-electron chi connectivity index (χ1n) is 10.2. The van der Waals surface area contributed by atoms with Crippen LogP contribution in [0.1, 0.15) is 11.1 Å². The Balaban J connectivity index is 1.63. The minimum Gasteiger partial charge on any atom is -0.493 e. The topological polar surface area (TPSA) is 103 Å². The van der Waals surface area contributed by atoms with E-state index in [-0.39, 0.29) is 12.5 Å². The third kappa shape index (κ3) is 6.91. The molecular weight excluding hydrogens is 477 g/mol. The number of methoxy groups -OCH3 is 1. The minimum atomic E-state index is -0.392. The van der Waals surface area contributed by atoms with Gasteiger partial charge in [-0.15, -0.1) is 0 Å². The van der Waals surface area contributed by atoms with Crippen LogP contribution >= 0.6 is 23.2 Å². The predicted octanol–water partition coefficient (Wildman–Crippen LogP) is 5.56. The highest BCUT2D eigenvalue weighted by molar-refractivity contribution is 6.42. The largest absolute Gasteiger partial charge is 0.493 e. The Morgan fingerprint density at radius 2 is 1.76 bits per heavy atom. The van der Waals surface area contributed by atoms with Crippen LogP contribution in [0.15, 0.2) is 60.7 Å². The monoisotopic (exact) mass is 499 g/mol. The van der Waals surface area contributed by atoms with Crippen LogP contribution in [0.25, 0.3) is 6.08 Å². The zero-order valence-electron chi connectivity index (χ0n) is 18.5. The van der Waals surface area contributed by atoms with Gasteiger partial charge in [0.05, 0.1) is 28.5 Å². The van der Waals surface area contributed by atoms with Gasteiger partial charge in [0.15, 0.2) is 18.1 Å². The second kappa shape index (κ2) is 11.4. The molecular formula is C25H23Cl2N3O4. The molecule has 0 saturated carbocycles. The van der Waals surface area contributed by atoms with Crippen LogP contribution in [0.4, 0.5) is 17.1 Å². The molecule has 4 N–H and O–H groups in total. The number of hydrogen-bond donors (Lipinski definition) is 3. The third-order valence-electron chi connectivity index (χ3n) is 4.64. The number of rotatable bonds is 8. The maximum atomic E-state index is 12.3. The number of nitrogens with one attached hydrogen (secondary N) is 2. The SMILES string of the molecule is COc1ccc(/C=C/C(=O)Nc2ccc(C)cc2N)cc1OCC(=O)Nc1ccc(Cl)c(Cl)c1. The number of anilines is 3. The summed E-state index contributed by atoms with van der Waals surface area (Å²) in [6, 6.07) is 15.3. The summed E-state index contributed by atoms with van der Waals surface area (Å²) in [6.45, 7) is 1.65. The molecule has 7 nitrogen and oxygen atoms in total. The number of ether oxygens (including phenoxy) is 2. The lowest BCUT2D eigenvalue weighted by molar-refractivity contribution is -0.118. The summed E-state index contributed by atoms with van der Waals surface area (Å²) in [4.78, 5) is 24.6. The summed E-state index contributed by atoms with van der Waals surface area (Å²) in [7, 11) is 1.49. The van der Waals surface area contributed by atoms with Crippen LogP contribution in [-0.4, -0.2) is 25.5 Å². The summed E-state index contributed by atoms with van der Waals surface area (Å²) in [6.07, 6.45) is 2.99. The molecule has 3 rings (SSSR count). The molecule has 0 fully saturated rings. The van der Waals surface area contributed by atoms with E-state index >= 15 is 0 Å². The second-order valence-electron chi connectivity index (χ2n) is 7.29. The highest BCUT2D eigenvalue weighted by Crippen LogP contribution is 2.29. The molecule has 0 bridgehead atoms. The van der Waals surface area contributed by atoms with Crippen molar-refractivity contribution < 1.29 is 19.1 Å². The molecule has 0 aromatic heterocycles. The lowest BCUT2D eigenvalue weighted by Gasteiger charge is -2.12. The summed E-state index contributed by atoms with van der Waals surface area (Å²) in [5, 5.41) is 6.14. The summed E-state index contributed by atoms with van der Waals surface area (Å²) >= 11 is 11.9. The number of benzene rings is 3. The van der Waals surface area contributed by atoms with Gasteiger partial charge in [0.2, 0.25) is 5.91 Å². The van der Waals surface area contributed by atoms with Gasteiger partial charge in [-0.25, -0.2) is 0 Å². The Kier molecular flexibility index (Phi) is 8.40. The predicted molar refractivity (Wildman–Crippen MR) is 137 cm³/mol. The first-order chi connectivity index (χ1) is 16.2. The molecule has 0 aliphatic carbocycles. The lowest BCUT2D eigenvalue weighted by Crippen LogP contribution is -2.20. The number of hydrogen-bond acceptors (Lipinski definition) is 5. The highest BCUT2D eigenvalue weighted by Gasteiger charge is 2.10. The highest BCUT2D eigenvalue weighted by atomic mass is 35.5. The van der Waals surface area contributed by atoms with E-state index in [9.17, 15) is 9.59 Å². The Bertz CT molecular complexity index is 1240. The number of amides is 2. The standard InChI is InChI=1S/C25H23Cl2N3O4/c1-15-3-8-21(20(28)11-15)30-24(31)10-5-16-4-9-22(33-2)23(12-16)34-14-25(32)29-17-6-7-18(26)19(27)13-17/h3-13H,14,28H2,1-2H3,(H,29,32)(H,30,31)/b10-5+. The molecule has 0 radical (unpaired) electrons. The fourth-order valence-electron chi connectivity index (χ4n) is 2.97. The van der Waals surface area contributed by atoms with Gasteiger partial charge in [-0.05, 0) is 66.6 Å². The van der Waals surface area contributed by atoms with Gasteiger partial charge in [-0.2, -0.15) is 0 Å². The molecule has 0 aliphatic heterocycles. The normalized spacial score (nSPS) is 10.7. The van der Waals surface area contributed by atoms with E-state index in [1.807, 2.05) is 13.0 Å². The van der Waals surface area contributed by atoms with Crippen molar-refractivity contribution in [3.05, 3.63) is 81.8 Å². The zero-order valence-corrected chi connectivity index (χ0v) is 20.0. The van der Waals surface area contributed by atoms with Crippen molar-refractivity contribution in [3.63, 3.8) is 0 Å². The molecule has 2 amide bonds. The Labute approximate surface area is 207 Å². The second-order valence-corrected chi connectivity index (χ2v) is 8.10. The fraction of sp³-hybridized carbons (Fsp3) is 0.120. The van der Waals surface area contributed by atoms with Crippen molar-refractivity contribution in [1.82, 2.24) is 0 Å². The third-order valence-corrected chi connectivity index (χ3v) is 5.38. The minimum absolute atomic E-state index is 0.267. The molecule has 0 unspecified atom stereocenters. The van der Waals surface area contributed by atoms with E-state index in [0.29, 0.717) is 44.2 Å². The number of halogens is 2. The number of nitrogen functional groups attached to an aromatic ring is 1. The zero-order chi connectivity index (χ0) is 24.7. The molecule has 9 heteroatoms. The van der Waals surface area contributed by atoms with E-state index in [4.69, 9.17) is 38.4 Å². The number of aryl methyl sites for hydroxylation is 1. The van der Waals surface area contributed by atoms with Gasteiger partial charge in [0, 0.05) is 11.8 Å². The Morgan fingerprint density at radius 1 is 0.971 bits per heavy atom. The fourth-order valence-corrected chi connectivity index (χ4v) is 3.26. The van der Waals surface area contributed by atoms with Crippen LogP contribution in [0.3, 0.4) is 0 Å². The number of carbonyl (C=O) groups excluding carboxylic acids is 2. The van der Waals surface area contributed by atoms with Crippen molar-refractivity contribution in [1.29, 1.82) is 0 Å². The van der Waals surface area contributed by atoms with Crippen LogP contribution < -0.4 is 25.8 Å². The van der Waals surface area contributed by atoms with E-state index in [1.54, 1.807) is 54.6 Å². The molecule has 0 heterocycles. The summed E-state index contributed by atoms with van der Waals surface area (Å²) < 4.78 is 10.9. The average Bonchev–Trinajstić information content (AvgIpc) is 2.80. The van der Waals surface area contributed by atoms with Crippen LogP contribution in [0.5, 0.6) is 11.5 Å². The van der Waals surface area contributed by atoms with E-state index in [2.05, 4.69) is 10.6 Å². The first kappa shape index (κ1) is 25.0. The molecule has 3 aromatic rings. The van der Waals surface area contributed by atoms with Gasteiger partial charge >= 0.3 is 0 Å². The van der Waals surface area contributed by atoms with E-state index < -0.39 is 5.91 Å². The maximum Gasteiger partial charge on any atom is 0.262 e. The van der Waals surface area contributed by atoms with E-state index in [0.717, 1.165) is 5.56 Å². The molecule has 0 saturated heterocycles. The Hall–Kier alpha value is -3.68. The van der Waals surface area contributed by atoms with E-state index in [1.165, 1.54) is 13.2 Å². The number of nitrogens with two attached hydrogens (primary N) is 1. The molecule has 0 atom stereocenters. The van der Waals surface area contributed by atoms with Gasteiger partial charge < -0.3 is 25.8 Å². The van der Waals surface area contributed by atoms with Gasteiger partial charge in [0.25, 0.3) is 5.91 Å². The van der Waals surface area contributed by atoms with Crippen molar-refractivity contribution >= 4 is 58.2 Å². The summed E-state index contributed by atoms with van der Waals surface area (Å²) in [5.74, 6) is 0.0554. The van der Waals surface area contributed by atoms with Crippen LogP contribution in [0, 0.1) is 6.92 Å². The van der Waals surface area contributed by atoms with Gasteiger partial charge in [0.1, 0.15) is 0 Å². The maximum absolute atomic E-state index is 12.3. The summed E-state index contributed by atoms with van der Waals surface area (Å²) in [5.41, 5.74) is 9.12.